The van der Waals surface area contributed by atoms with Gasteiger partial charge in [-0.05, 0) is 61.7 Å². The summed E-state index contributed by atoms with van der Waals surface area (Å²) in [6.45, 7) is 3.00. The number of ether oxygens (including phenoxy) is 1. The number of nitrogens with one attached hydrogen (secondary N) is 1. The fourth-order valence-corrected chi connectivity index (χ4v) is 4.26. The monoisotopic (exact) mass is 396 g/mol. The molecule has 1 fully saturated rings. The van der Waals surface area contributed by atoms with Crippen LogP contribution in [0.25, 0.3) is 0 Å². The quantitative estimate of drug-likeness (QED) is 0.539. The third-order valence-corrected chi connectivity index (χ3v) is 5.92. The highest BCUT2D eigenvalue weighted by molar-refractivity contribution is 7.80. The first-order valence-electron chi connectivity index (χ1n) is 10.5. The van der Waals surface area contributed by atoms with Crippen LogP contribution in [0, 0.1) is 0 Å². The summed E-state index contributed by atoms with van der Waals surface area (Å²) in [5.74, 6) is 0.925. The fourth-order valence-electron chi connectivity index (χ4n) is 3.93. The SMILES string of the molecule is CCCCc1ccc(NC(=S)N(Cc2ccccc2OC)C2CCCC2)cc1. The van der Waals surface area contributed by atoms with Gasteiger partial charge in [0.25, 0.3) is 0 Å². The first-order chi connectivity index (χ1) is 13.7. The van der Waals surface area contributed by atoms with E-state index in [0.29, 0.717) is 6.04 Å². The number of para-hydroxylation sites is 1. The van der Waals surface area contributed by atoms with Crippen LogP contribution in [-0.2, 0) is 13.0 Å². The van der Waals surface area contributed by atoms with Crippen LogP contribution in [0.1, 0.15) is 56.6 Å². The van der Waals surface area contributed by atoms with E-state index in [-0.39, 0.29) is 0 Å². The van der Waals surface area contributed by atoms with Gasteiger partial charge in [0, 0.05) is 23.8 Å². The van der Waals surface area contributed by atoms with Crippen molar-refractivity contribution in [1.29, 1.82) is 0 Å². The molecule has 0 aliphatic heterocycles. The number of hydrogen-bond acceptors (Lipinski definition) is 2. The second kappa shape index (κ2) is 10.5. The van der Waals surface area contributed by atoms with Crippen LogP contribution in [0.3, 0.4) is 0 Å². The normalized spacial score (nSPS) is 14.1. The van der Waals surface area contributed by atoms with E-state index < -0.39 is 0 Å². The molecule has 0 spiro atoms. The van der Waals surface area contributed by atoms with E-state index in [1.54, 1.807) is 7.11 Å². The summed E-state index contributed by atoms with van der Waals surface area (Å²) < 4.78 is 5.56. The molecule has 0 atom stereocenters. The first kappa shape index (κ1) is 20.7. The Bertz CT molecular complexity index is 753. The Hall–Kier alpha value is -2.07. The van der Waals surface area contributed by atoms with Crippen LogP contribution in [-0.4, -0.2) is 23.2 Å². The van der Waals surface area contributed by atoms with E-state index in [0.717, 1.165) is 29.5 Å². The summed E-state index contributed by atoms with van der Waals surface area (Å²) in [7, 11) is 1.73. The van der Waals surface area contributed by atoms with Crippen molar-refractivity contribution in [2.45, 2.75) is 64.5 Å². The van der Waals surface area contributed by atoms with Crippen molar-refractivity contribution in [3.05, 3.63) is 59.7 Å². The Balaban J connectivity index is 1.71. The standard InChI is InChI=1S/C24H32N2OS/c1-3-4-9-19-14-16-21(17-15-19)25-24(28)26(22-11-6-7-12-22)18-20-10-5-8-13-23(20)27-2/h5,8,10,13-17,22H,3-4,6-7,9,11-12,18H2,1-2H3,(H,25,28). The molecule has 0 bridgehead atoms. The summed E-state index contributed by atoms with van der Waals surface area (Å²) in [6.07, 6.45) is 8.57. The average Bonchev–Trinajstić information content (AvgIpc) is 3.26. The summed E-state index contributed by atoms with van der Waals surface area (Å²) in [6, 6.07) is 17.4. The lowest BCUT2D eigenvalue weighted by molar-refractivity contribution is 0.305. The lowest BCUT2D eigenvalue weighted by Crippen LogP contribution is -2.41. The topological polar surface area (TPSA) is 24.5 Å². The largest absolute Gasteiger partial charge is 0.496 e. The maximum Gasteiger partial charge on any atom is 0.173 e. The predicted molar refractivity (Wildman–Crippen MR) is 122 cm³/mol. The van der Waals surface area contributed by atoms with Crippen LogP contribution in [0.4, 0.5) is 5.69 Å². The molecule has 0 heterocycles. The Morgan fingerprint density at radius 2 is 1.82 bits per heavy atom. The minimum atomic E-state index is 0.494. The number of benzene rings is 2. The molecule has 0 aromatic heterocycles. The van der Waals surface area contributed by atoms with Crippen LogP contribution < -0.4 is 10.1 Å². The van der Waals surface area contributed by atoms with E-state index in [2.05, 4.69) is 53.5 Å². The molecule has 1 saturated carbocycles. The lowest BCUT2D eigenvalue weighted by atomic mass is 10.1. The zero-order valence-corrected chi connectivity index (χ0v) is 17.9. The minimum Gasteiger partial charge on any atom is -0.496 e. The molecule has 1 aliphatic carbocycles. The maximum atomic E-state index is 5.85. The Morgan fingerprint density at radius 1 is 1.11 bits per heavy atom. The fraction of sp³-hybridized carbons (Fsp3) is 0.458. The van der Waals surface area contributed by atoms with Crippen LogP contribution in [0.5, 0.6) is 5.75 Å². The molecule has 150 valence electrons. The number of anilines is 1. The number of aryl methyl sites for hydroxylation is 1. The Morgan fingerprint density at radius 3 is 2.50 bits per heavy atom. The highest BCUT2D eigenvalue weighted by Gasteiger charge is 2.25. The molecule has 0 unspecified atom stereocenters. The number of unbranched alkanes of at least 4 members (excludes halogenated alkanes) is 1. The average molecular weight is 397 g/mol. The summed E-state index contributed by atoms with van der Waals surface area (Å²) in [4.78, 5) is 2.35. The Kier molecular flexibility index (Phi) is 7.72. The number of methoxy groups -OCH3 is 1. The van der Waals surface area contributed by atoms with Crippen molar-refractivity contribution in [3.8, 4) is 5.75 Å². The van der Waals surface area contributed by atoms with Gasteiger partial charge in [-0.2, -0.15) is 0 Å². The molecule has 4 heteroatoms. The van der Waals surface area contributed by atoms with Gasteiger partial charge in [0.05, 0.1) is 7.11 Å². The third-order valence-electron chi connectivity index (χ3n) is 5.58. The number of thiocarbonyl (C=S) groups is 1. The van der Waals surface area contributed by atoms with E-state index in [1.807, 2.05) is 12.1 Å². The molecule has 0 saturated heterocycles. The summed E-state index contributed by atoms with van der Waals surface area (Å²) in [5.41, 5.74) is 3.63. The smallest absolute Gasteiger partial charge is 0.173 e. The van der Waals surface area contributed by atoms with Crippen molar-refractivity contribution in [1.82, 2.24) is 4.90 Å². The first-order valence-corrected chi connectivity index (χ1v) is 10.9. The van der Waals surface area contributed by atoms with Crippen LogP contribution in [0.15, 0.2) is 48.5 Å². The lowest BCUT2D eigenvalue weighted by Gasteiger charge is -2.32. The highest BCUT2D eigenvalue weighted by atomic mass is 32.1. The third kappa shape index (κ3) is 5.48. The molecule has 0 radical (unpaired) electrons. The molecular weight excluding hydrogens is 364 g/mol. The van der Waals surface area contributed by atoms with E-state index in [9.17, 15) is 0 Å². The van der Waals surface area contributed by atoms with Gasteiger partial charge in [0.2, 0.25) is 0 Å². The Labute approximate surface area is 175 Å². The van der Waals surface area contributed by atoms with Gasteiger partial charge in [-0.3, -0.25) is 0 Å². The van der Waals surface area contributed by atoms with Crippen molar-refractivity contribution >= 4 is 23.0 Å². The van der Waals surface area contributed by atoms with Crippen molar-refractivity contribution < 1.29 is 4.74 Å². The molecular formula is C24H32N2OS. The molecule has 2 aromatic rings. The van der Waals surface area contributed by atoms with Gasteiger partial charge < -0.3 is 15.0 Å². The van der Waals surface area contributed by atoms with E-state index in [1.165, 1.54) is 49.7 Å². The van der Waals surface area contributed by atoms with Gasteiger partial charge in [-0.1, -0.05) is 56.5 Å². The second-order valence-electron chi connectivity index (χ2n) is 7.61. The van der Waals surface area contributed by atoms with Crippen LogP contribution >= 0.6 is 12.2 Å². The van der Waals surface area contributed by atoms with Crippen molar-refractivity contribution in [3.63, 3.8) is 0 Å². The van der Waals surface area contributed by atoms with Gasteiger partial charge in [0.15, 0.2) is 5.11 Å². The zero-order chi connectivity index (χ0) is 19.8. The number of nitrogens with zero attached hydrogens (tertiary/aromatic N) is 1. The summed E-state index contributed by atoms with van der Waals surface area (Å²) >= 11 is 5.85. The van der Waals surface area contributed by atoms with Gasteiger partial charge in [-0.15, -0.1) is 0 Å². The van der Waals surface area contributed by atoms with Crippen molar-refractivity contribution in [2.24, 2.45) is 0 Å². The predicted octanol–water partition coefficient (Wildman–Crippen LogP) is 6.18. The van der Waals surface area contributed by atoms with Gasteiger partial charge >= 0.3 is 0 Å². The molecule has 1 N–H and O–H groups in total. The van der Waals surface area contributed by atoms with Gasteiger partial charge in [0.1, 0.15) is 5.75 Å². The minimum absolute atomic E-state index is 0.494. The maximum absolute atomic E-state index is 5.85. The summed E-state index contributed by atoms with van der Waals surface area (Å²) in [5, 5.41) is 4.28. The van der Waals surface area contributed by atoms with Gasteiger partial charge in [-0.25, -0.2) is 0 Å². The molecule has 3 rings (SSSR count). The zero-order valence-electron chi connectivity index (χ0n) is 17.1. The van der Waals surface area contributed by atoms with Crippen LogP contribution in [0.2, 0.25) is 0 Å². The second-order valence-corrected chi connectivity index (χ2v) is 8.00. The molecule has 3 nitrogen and oxygen atoms in total. The molecule has 1 aliphatic rings. The molecule has 0 amide bonds. The highest BCUT2D eigenvalue weighted by Crippen LogP contribution is 2.28. The number of rotatable bonds is 8. The van der Waals surface area contributed by atoms with Crippen molar-refractivity contribution in [2.75, 3.05) is 12.4 Å². The molecule has 2 aromatic carbocycles. The molecule has 28 heavy (non-hydrogen) atoms. The van der Waals surface area contributed by atoms with E-state index in [4.69, 9.17) is 17.0 Å². The number of hydrogen-bond donors (Lipinski definition) is 1. The van der Waals surface area contributed by atoms with E-state index >= 15 is 0 Å².